The van der Waals surface area contributed by atoms with Gasteiger partial charge in [0.2, 0.25) is 0 Å². The molecule has 3 aromatic heterocycles. The highest BCUT2D eigenvalue weighted by atomic mass is 15.4. The number of hydrogen-bond acceptors (Lipinski definition) is 5. The summed E-state index contributed by atoms with van der Waals surface area (Å²) in [5.74, 6) is 1.54. The Morgan fingerprint density at radius 1 is 1.00 bits per heavy atom. The first-order valence-electron chi connectivity index (χ1n) is 8.94. The van der Waals surface area contributed by atoms with Crippen molar-refractivity contribution in [1.82, 2.24) is 29.6 Å². The van der Waals surface area contributed by atoms with E-state index in [4.69, 9.17) is 0 Å². The van der Waals surface area contributed by atoms with Gasteiger partial charge < -0.3 is 5.32 Å². The molecule has 0 radical (unpaired) electrons. The van der Waals surface area contributed by atoms with E-state index in [0.29, 0.717) is 0 Å². The van der Waals surface area contributed by atoms with Crippen molar-refractivity contribution in [3.8, 4) is 11.4 Å². The largest absolute Gasteiger partial charge is 0.364 e. The van der Waals surface area contributed by atoms with Crippen LogP contribution in [0.3, 0.4) is 0 Å². The monoisotopic (exact) mass is 345 g/mol. The summed E-state index contributed by atoms with van der Waals surface area (Å²) >= 11 is 0. The molecular weight excluding hydrogens is 326 g/mol. The van der Waals surface area contributed by atoms with Gasteiger partial charge in [-0.2, -0.15) is 9.61 Å². The highest BCUT2D eigenvalue weighted by Crippen LogP contribution is 2.20. The van der Waals surface area contributed by atoms with Crippen LogP contribution in [0.25, 0.3) is 17.0 Å². The molecule has 0 spiro atoms. The van der Waals surface area contributed by atoms with Crippen LogP contribution in [0.2, 0.25) is 0 Å². The molecule has 130 valence electrons. The number of rotatable bonds is 4. The summed E-state index contributed by atoms with van der Waals surface area (Å²) in [7, 11) is 0. The molecule has 0 amide bonds. The first-order chi connectivity index (χ1) is 12.9. The number of benzene rings is 1. The van der Waals surface area contributed by atoms with Crippen LogP contribution in [0, 0.1) is 0 Å². The molecule has 1 N–H and O–H groups in total. The number of fused-ring (bicyclic) bond motifs is 2. The van der Waals surface area contributed by atoms with E-state index < -0.39 is 0 Å². The summed E-state index contributed by atoms with van der Waals surface area (Å²) in [6.45, 7) is 1.75. The fourth-order valence-electron chi connectivity index (χ4n) is 3.47. The Morgan fingerprint density at radius 3 is 2.85 bits per heavy atom. The zero-order valence-electron chi connectivity index (χ0n) is 14.3. The van der Waals surface area contributed by atoms with Gasteiger partial charge >= 0.3 is 0 Å². The molecule has 0 fully saturated rings. The maximum atomic E-state index is 4.68. The number of anilines is 1. The molecule has 1 aliphatic heterocycles. The fourth-order valence-corrected chi connectivity index (χ4v) is 3.47. The van der Waals surface area contributed by atoms with E-state index >= 15 is 0 Å². The Kier molecular flexibility index (Phi) is 3.62. The second-order valence-electron chi connectivity index (χ2n) is 6.53. The van der Waals surface area contributed by atoms with Crippen LogP contribution in [0.1, 0.15) is 24.1 Å². The molecule has 0 aliphatic carbocycles. The van der Waals surface area contributed by atoms with Crippen LogP contribution in [-0.4, -0.2) is 29.6 Å². The maximum Gasteiger partial charge on any atom is 0.185 e. The van der Waals surface area contributed by atoms with Crippen molar-refractivity contribution in [2.75, 3.05) is 5.32 Å². The van der Waals surface area contributed by atoms with Crippen LogP contribution in [-0.2, 0) is 19.5 Å². The summed E-state index contributed by atoms with van der Waals surface area (Å²) in [6.07, 6.45) is 5.53. The molecule has 7 heteroatoms. The molecule has 4 aromatic rings. The second-order valence-corrected chi connectivity index (χ2v) is 6.53. The molecule has 0 bridgehead atoms. The lowest BCUT2D eigenvalue weighted by molar-refractivity contribution is 0.484. The summed E-state index contributed by atoms with van der Waals surface area (Å²) < 4.78 is 3.91. The van der Waals surface area contributed by atoms with E-state index in [2.05, 4.69) is 30.4 Å². The van der Waals surface area contributed by atoms with Crippen molar-refractivity contribution >= 4 is 11.5 Å². The van der Waals surface area contributed by atoms with Gasteiger partial charge in [0.15, 0.2) is 11.5 Å². The molecule has 0 saturated heterocycles. The number of aryl methyl sites for hydroxylation is 1. The third-order valence-electron chi connectivity index (χ3n) is 4.82. The molecule has 4 heterocycles. The molecule has 1 aliphatic rings. The third-order valence-corrected chi connectivity index (χ3v) is 4.82. The average Bonchev–Trinajstić information content (AvgIpc) is 3.31. The van der Waals surface area contributed by atoms with Gasteiger partial charge in [-0.3, -0.25) is 4.68 Å². The zero-order valence-corrected chi connectivity index (χ0v) is 14.3. The first-order valence-corrected chi connectivity index (χ1v) is 8.94. The van der Waals surface area contributed by atoms with Crippen molar-refractivity contribution in [3.63, 3.8) is 0 Å². The van der Waals surface area contributed by atoms with Crippen LogP contribution in [0.5, 0.6) is 0 Å². The molecule has 7 nitrogen and oxygen atoms in total. The van der Waals surface area contributed by atoms with Gasteiger partial charge in [-0.25, -0.2) is 0 Å². The SMILES string of the molecule is c1ccc(-c2nnc3ccc(NCc4cnn5c4CCCC5)nn23)cc1. The molecule has 0 saturated carbocycles. The lowest BCUT2D eigenvalue weighted by Crippen LogP contribution is -2.13. The predicted molar refractivity (Wildman–Crippen MR) is 98.7 cm³/mol. The summed E-state index contributed by atoms with van der Waals surface area (Å²) in [4.78, 5) is 0. The van der Waals surface area contributed by atoms with Gasteiger partial charge in [0.05, 0.1) is 6.20 Å². The molecule has 0 unspecified atom stereocenters. The zero-order chi connectivity index (χ0) is 17.3. The Bertz CT molecular complexity index is 1050. The fraction of sp³-hybridized carbons (Fsp3) is 0.263. The Labute approximate surface area is 150 Å². The summed E-state index contributed by atoms with van der Waals surface area (Å²) in [6, 6.07) is 13.9. The minimum Gasteiger partial charge on any atom is -0.364 e. The van der Waals surface area contributed by atoms with Gasteiger partial charge in [0.25, 0.3) is 0 Å². The van der Waals surface area contributed by atoms with Crippen molar-refractivity contribution < 1.29 is 0 Å². The first kappa shape index (κ1) is 15.1. The third kappa shape index (κ3) is 2.61. The normalized spacial score (nSPS) is 13.7. The average molecular weight is 345 g/mol. The lowest BCUT2D eigenvalue weighted by atomic mass is 10.1. The lowest BCUT2D eigenvalue weighted by Gasteiger charge is -2.15. The van der Waals surface area contributed by atoms with E-state index in [0.717, 1.165) is 42.4 Å². The van der Waals surface area contributed by atoms with E-state index in [9.17, 15) is 0 Å². The number of nitrogens with zero attached hydrogens (tertiary/aromatic N) is 6. The summed E-state index contributed by atoms with van der Waals surface area (Å²) in [5.41, 5.74) is 4.32. The van der Waals surface area contributed by atoms with Crippen LogP contribution in [0.15, 0.2) is 48.7 Å². The van der Waals surface area contributed by atoms with Gasteiger partial charge in [0.1, 0.15) is 5.82 Å². The van der Waals surface area contributed by atoms with Gasteiger partial charge in [0, 0.05) is 29.9 Å². The van der Waals surface area contributed by atoms with E-state index in [-0.39, 0.29) is 0 Å². The highest BCUT2D eigenvalue weighted by molar-refractivity contribution is 5.59. The number of hydrogen-bond donors (Lipinski definition) is 1. The molecule has 0 atom stereocenters. The van der Waals surface area contributed by atoms with Crippen molar-refractivity contribution in [2.45, 2.75) is 32.4 Å². The van der Waals surface area contributed by atoms with Gasteiger partial charge in [-0.15, -0.1) is 15.3 Å². The van der Waals surface area contributed by atoms with Crippen molar-refractivity contribution in [1.29, 1.82) is 0 Å². The quantitative estimate of drug-likeness (QED) is 0.616. The van der Waals surface area contributed by atoms with E-state index in [1.54, 1.807) is 4.52 Å². The number of nitrogens with one attached hydrogen (secondary N) is 1. The van der Waals surface area contributed by atoms with Crippen LogP contribution < -0.4 is 5.32 Å². The maximum absolute atomic E-state index is 4.68. The van der Waals surface area contributed by atoms with E-state index in [1.165, 1.54) is 24.1 Å². The minimum atomic E-state index is 0.719. The summed E-state index contributed by atoms with van der Waals surface area (Å²) in [5, 5.41) is 21.1. The Morgan fingerprint density at radius 2 is 1.92 bits per heavy atom. The Balaban J connectivity index is 1.42. The Hall–Kier alpha value is -3.22. The van der Waals surface area contributed by atoms with Crippen LogP contribution >= 0.6 is 0 Å². The second kappa shape index (κ2) is 6.25. The van der Waals surface area contributed by atoms with Gasteiger partial charge in [-0.1, -0.05) is 30.3 Å². The van der Waals surface area contributed by atoms with Crippen molar-refractivity contribution in [3.05, 3.63) is 59.9 Å². The molecule has 26 heavy (non-hydrogen) atoms. The standard InChI is InChI=1S/C19H19N7/c1-2-6-14(7-3-1)19-23-22-18-10-9-17(24-26(18)19)20-12-15-13-21-25-11-5-4-8-16(15)25/h1-3,6-7,9-10,13H,4-5,8,11-12H2,(H,20,24). The smallest absolute Gasteiger partial charge is 0.185 e. The minimum absolute atomic E-state index is 0.719. The molecule has 1 aromatic carbocycles. The predicted octanol–water partition coefficient (Wildman–Crippen LogP) is 2.94. The van der Waals surface area contributed by atoms with Gasteiger partial charge in [-0.05, 0) is 31.4 Å². The van der Waals surface area contributed by atoms with E-state index in [1.807, 2.05) is 48.7 Å². The topological polar surface area (TPSA) is 72.9 Å². The number of aromatic nitrogens is 6. The van der Waals surface area contributed by atoms with Crippen molar-refractivity contribution in [2.24, 2.45) is 0 Å². The molecule has 5 rings (SSSR count). The highest BCUT2D eigenvalue weighted by Gasteiger charge is 2.15. The molecular formula is C19H19N7. The van der Waals surface area contributed by atoms with Crippen LogP contribution in [0.4, 0.5) is 5.82 Å².